The van der Waals surface area contributed by atoms with Gasteiger partial charge in [0.2, 0.25) is 11.7 Å². The number of anilines is 1. The molecule has 0 unspecified atom stereocenters. The van der Waals surface area contributed by atoms with Crippen LogP contribution in [-0.2, 0) is 22.5 Å². The van der Waals surface area contributed by atoms with E-state index in [4.69, 9.17) is 4.74 Å². The van der Waals surface area contributed by atoms with Crippen LogP contribution in [0.2, 0.25) is 0 Å². The molecule has 0 spiro atoms. The molecular weight excluding hydrogens is 420 g/mol. The second-order valence-corrected chi connectivity index (χ2v) is 7.65. The number of nitrogens with one attached hydrogen (secondary N) is 2. The van der Waals surface area contributed by atoms with Gasteiger partial charge in [0, 0.05) is 6.07 Å². The van der Waals surface area contributed by atoms with E-state index in [0.717, 1.165) is 5.56 Å². The molecule has 0 aliphatic carbocycles. The minimum absolute atomic E-state index is 0.0634. The van der Waals surface area contributed by atoms with Gasteiger partial charge >= 0.3 is 0 Å². The summed E-state index contributed by atoms with van der Waals surface area (Å²) >= 11 is 0. The number of aromatic nitrogens is 3. The fourth-order valence-corrected chi connectivity index (χ4v) is 3.98. The van der Waals surface area contributed by atoms with E-state index >= 15 is 0 Å². The fraction of sp³-hybridized carbons (Fsp3) is 0.273. The van der Waals surface area contributed by atoms with E-state index in [9.17, 15) is 18.4 Å². The average molecular weight is 439 g/mol. The largest absolute Gasteiger partial charge is 0.364 e. The summed E-state index contributed by atoms with van der Waals surface area (Å²) in [6.45, 7) is 0.866. The van der Waals surface area contributed by atoms with Crippen LogP contribution in [0.25, 0.3) is 0 Å². The molecule has 2 amide bonds. The molecule has 2 N–H and O–H groups in total. The summed E-state index contributed by atoms with van der Waals surface area (Å²) in [6.07, 6.45) is -0.0609. The monoisotopic (exact) mass is 439 g/mol. The highest BCUT2D eigenvalue weighted by atomic mass is 19.1. The van der Waals surface area contributed by atoms with Crippen molar-refractivity contribution in [3.8, 4) is 0 Å². The summed E-state index contributed by atoms with van der Waals surface area (Å²) in [4.78, 5) is 29.7. The maximum atomic E-state index is 14.1. The summed E-state index contributed by atoms with van der Waals surface area (Å²) in [5, 5.41) is 9.33. The maximum absolute atomic E-state index is 14.1. The van der Waals surface area contributed by atoms with Crippen molar-refractivity contribution in [3.63, 3.8) is 0 Å². The molecule has 5 rings (SSSR count). The summed E-state index contributed by atoms with van der Waals surface area (Å²) < 4.78 is 35.1. The van der Waals surface area contributed by atoms with Gasteiger partial charge in [0.05, 0.1) is 18.8 Å². The van der Waals surface area contributed by atoms with Crippen molar-refractivity contribution in [1.29, 1.82) is 0 Å². The third-order valence-corrected chi connectivity index (χ3v) is 5.54. The van der Waals surface area contributed by atoms with Gasteiger partial charge < -0.3 is 15.4 Å². The van der Waals surface area contributed by atoms with Crippen molar-refractivity contribution in [1.82, 2.24) is 20.1 Å². The first-order valence-corrected chi connectivity index (χ1v) is 10.2. The van der Waals surface area contributed by atoms with E-state index in [2.05, 4.69) is 20.7 Å². The number of carbonyl (C=O) groups is 2. The third-order valence-electron chi connectivity index (χ3n) is 5.54. The number of aryl methyl sites for hydroxylation is 1. The fourth-order valence-electron chi connectivity index (χ4n) is 3.98. The first kappa shape index (κ1) is 20.3. The molecule has 2 aromatic carbocycles. The minimum Gasteiger partial charge on any atom is -0.364 e. The summed E-state index contributed by atoms with van der Waals surface area (Å²) in [6, 6.07) is 10.4. The first-order valence-electron chi connectivity index (χ1n) is 10.2. The Morgan fingerprint density at radius 2 is 2.03 bits per heavy atom. The molecule has 2 aliphatic rings. The zero-order valence-corrected chi connectivity index (χ0v) is 16.8. The Kier molecular flexibility index (Phi) is 5.14. The Hall–Kier alpha value is -3.66. The Balaban J connectivity index is 1.34. The molecule has 3 aromatic rings. The van der Waals surface area contributed by atoms with Crippen LogP contribution in [0, 0.1) is 11.6 Å². The molecule has 32 heavy (non-hydrogen) atoms. The summed E-state index contributed by atoms with van der Waals surface area (Å²) in [5.74, 6) is -2.37. The zero-order valence-electron chi connectivity index (χ0n) is 16.8. The molecule has 2 aliphatic heterocycles. The van der Waals surface area contributed by atoms with Crippen molar-refractivity contribution in [2.24, 2.45) is 0 Å². The van der Waals surface area contributed by atoms with Crippen LogP contribution in [-0.4, -0.2) is 39.2 Å². The average Bonchev–Trinajstić information content (AvgIpc) is 3.17. The van der Waals surface area contributed by atoms with Crippen LogP contribution >= 0.6 is 0 Å². The van der Waals surface area contributed by atoms with E-state index in [1.165, 1.54) is 6.07 Å². The minimum atomic E-state index is -0.945. The number of hydrogen-bond acceptors (Lipinski definition) is 5. The molecule has 10 heteroatoms. The number of hydrogen-bond donors (Lipinski definition) is 2. The van der Waals surface area contributed by atoms with Crippen LogP contribution in [0.5, 0.6) is 0 Å². The summed E-state index contributed by atoms with van der Waals surface area (Å²) in [5.41, 5.74) is 1.17. The van der Waals surface area contributed by atoms with Gasteiger partial charge in [-0.2, -0.15) is 0 Å². The smallest absolute Gasteiger partial charge is 0.291 e. The molecule has 8 nitrogen and oxygen atoms in total. The molecule has 3 heterocycles. The lowest BCUT2D eigenvalue weighted by Gasteiger charge is -2.22. The number of amides is 2. The Morgan fingerprint density at radius 3 is 2.84 bits per heavy atom. The number of benzene rings is 2. The van der Waals surface area contributed by atoms with Gasteiger partial charge in [-0.15, -0.1) is 5.10 Å². The van der Waals surface area contributed by atoms with Crippen LogP contribution in [0.4, 0.5) is 14.5 Å². The molecule has 0 saturated carbocycles. The Labute approximate surface area is 181 Å². The van der Waals surface area contributed by atoms with Crippen molar-refractivity contribution in [2.45, 2.75) is 31.5 Å². The van der Waals surface area contributed by atoms with Gasteiger partial charge in [-0.3, -0.25) is 9.59 Å². The molecular formula is C22H19F2N5O3. The van der Waals surface area contributed by atoms with Gasteiger partial charge in [-0.05, 0) is 30.0 Å². The van der Waals surface area contributed by atoms with Gasteiger partial charge in [-0.1, -0.05) is 30.3 Å². The number of fused-ring (bicyclic) bond motifs is 2. The van der Waals surface area contributed by atoms with Gasteiger partial charge in [0.1, 0.15) is 23.8 Å². The molecule has 1 aromatic heterocycles. The van der Waals surface area contributed by atoms with Crippen molar-refractivity contribution in [2.75, 3.05) is 11.9 Å². The van der Waals surface area contributed by atoms with E-state index in [-0.39, 0.29) is 24.4 Å². The van der Waals surface area contributed by atoms with Crippen LogP contribution < -0.4 is 10.6 Å². The number of carbonyl (C=O) groups excluding carboxylic acids is 2. The van der Waals surface area contributed by atoms with Gasteiger partial charge in [-0.25, -0.2) is 18.4 Å². The Morgan fingerprint density at radius 1 is 1.22 bits per heavy atom. The third kappa shape index (κ3) is 3.73. The van der Waals surface area contributed by atoms with E-state index in [1.807, 2.05) is 30.3 Å². The second-order valence-electron chi connectivity index (χ2n) is 7.65. The molecule has 164 valence electrons. The second kappa shape index (κ2) is 8.12. The summed E-state index contributed by atoms with van der Waals surface area (Å²) in [7, 11) is 0. The number of halogens is 2. The lowest BCUT2D eigenvalue weighted by molar-refractivity contribution is -0.118. The first-order chi connectivity index (χ1) is 15.5. The van der Waals surface area contributed by atoms with Crippen LogP contribution in [0.1, 0.15) is 40.1 Å². The maximum Gasteiger partial charge on any atom is 0.291 e. The topological polar surface area (TPSA) is 98.1 Å². The van der Waals surface area contributed by atoms with Crippen molar-refractivity contribution < 1.29 is 23.1 Å². The zero-order chi connectivity index (χ0) is 22.2. The normalized spacial score (nSPS) is 20.0. The number of rotatable bonds is 3. The van der Waals surface area contributed by atoms with Gasteiger partial charge in [0.15, 0.2) is 5.82 Å². The van der Waals surface area contributed by atoms with E-state index in [0.29, 0.717) is 30.6 Å². The highest BCUT2D eigenvalue weighted by Crippen LogP contribution is 2.28. The van der Waals surface area contributed by atoms with Crippen LogP contribution in [0.15, 0.2) is 42.5 Å². The quantitative estimate of drug-likeness (QED) is 0.653. The molecule has 2 atom stereocenters. The van der Waals surface area contributed by atoms with Crippen molar-refractivity contribution in [3.05, 3.63) is 76.9 Å². The van der Waals surface area contributed by atoms with Crippen molar-refractivity contribution >= 4 is 17.5 Å². The Bertz CT molecular complexity index is 1200. The SMILES string of the molecule is O=C(N[C@H]1CCc2cc(F)cc(F)c2NC1=O)c1nc2n(n1)CCO[C@@H]2c1ccccc1. The highest BCUT2D eigenvalue weighted by molar-refractivity contribution is 6.00. The number of ether oxygens (including phenoxy) is 1. The molecule has 0 radical (unpaired) electrons. The lowest BCUT2D eigenvalue weighted by atomic mass is 10.1. The standard InChI is InChI=1S/C22H19F2N5O3/c23-14-10-13-6-7-16(21(30)26-17(13)15(24)11-14)25-22(31)19-27-20-18(12-4-2-1-3-5-12)32-9-8-29(20)28-19/h1-5,10-11,16,18H,6-9H2,(H,25,31)(H,26,30)/t16-,18+/m0/s1. The van der Waals surface area contributed by atoms with E-state index in [1.54, 1.807) is 4.68 Å². The van der Waals surface area contributed by atoms with E-state index < -0.39 is 35.6 Å². The molecule has 0 saturated heterocycles. The number of nitrogens with zero attached hydrogens (tertiary/aromatic N) is 3. The molecule has 0 fully saturated rings. The highest BCUT2D eigenvalue weighted by Gasteiger charge is 2.31. The lowest BCUT2D eigenvalue weighted by Crippen LogP contribution is -2.43. The molecule has 0 bridgehead atoms. The predicted octanol–water partition coefficient (Wildman–Crippen LogP) is 2.36. The van der Waals surface area contributed by atoms with Crippen LogP contribution in [0.3, 0.4) is 0 Å². The predicted molar refractivity (Wildman–Crippen MR) is 109 cm³/mol. The van der Waals surface area contributed by atoms with Gasteiger partial charge in [0.25, 0.3) is 5.91 Å².